The molecule has 1 saturated heterocycles. The molecule has 0 bridgehead atoms. The van der Waals surface area contributed by atoms with Crippen LogP contribution in [-0.2, 0) is 14.6 Å². The number of hydrogen-bond donors (Lipinski definition) is 0. The number of rotatable bonds is 3. The number of methoxy groups -OCH3 is 1. The smallest absolute Gasteiger partial charge is 0.153 e. The van der Waals surface area contributed by atoms with Crippen LogP contribution in [0.5, 0.6) is 0 Å². The molecule has 1 rings (SSSR count). The second-order valence-corrected chi connectivity index (χ2v) is 5.79. The number of hydrogen-bond acceptors (Lipinski definition) is 3. The molecule has 2 atom stereocenters. The van der Waals surface area contributed by atoms with Crippen molar-refractivity contribution in [2.45, 2.75) is 25.0 Å². The van der Waals surface area contributed by atoms with Crippen LogP contribution in [0.15, 0.2) is 0 Å². The van der Waals surface area contributed by atoms with Crippen molar-refractivity contribution >= 4 is 9.84 Å². The van der Waals surface area contributed by atoms with Gasteiger partial charge in [0.2, 0.25) is 0 Å². The third-order valence-electron chi connectivity index (χ3n) is 2.56. The van der Waals surface area contributed by atoms with Crippen LogP contribution in [0.1, 0.15) is 19.8 Å². The SMILES string of the molecule is COCCC1C(C)CCS1(=O)=O. The lowest BCUT2D eigenvalue weighted by atomic mass is 10.0. The van der Waals surface area contributed by atoms with Gasteiger partial charge in [0.05, 0.1) is 11.0 Å². The van der Waals surface area contributed by atoms with Crippen LogP contribution in [0.4, 0.5) is 0 Å². The molecule has 3 nitrogen and oxygen atoms in total. The van der Waals surface area contributed by atoms with Gasteiger partial charge in [-0.05, 0) is 18.8 Å². The third-order valence-corrected chi connectivity index (χ3v) is 4.99. The standard InChI is InChI=1S/C8H16O3S/c1-7-4-6-12(9,10)8(7)3-5-11-2/h7-8H,3-6H2,1-2H3. The fourth-order valence-corrected chi connectivity index (χ4v) is 4.04. The average Bonchev–Trinajstić information content (AvgIpc) is 2.24. The summed E-state index contributed by atoms with van der Waals surface area (Å²) in [6, 6.07) is 0. The number of ether oxygens (including phenoxy) is 1. The minimum Gasteiger partial charge on any atom is -0.385 e. The van der Waals surface area contributed by atoms with Crippen LogP contribution in [0, 0.1) is 5.92 Å². The van der Waals surface area contributed by atoms with Gasteiger partial charge in [-0.15, -0.1) is 0 Å². The number of sulfone groups is 1. The summed E-state index contributed by atoms with van der Waals surface area (Å²) in [6.45, 7) is 2.55. The van der Waals surface area contributed by atoms with E-state index in [1.165, 1.54) is 0 Å². The van der Waals surface area contributed by atoms with Crippen molar-refractivity contribution in [1.82, 2.24) is 0 Å². The van der Waals surface area contributed by atoms with E-state index in [0.717, 1.165) is 6.42 Å². The molecular weight excluding hydrogens is 176 g/mol. The van der Waals surface area contributed by atoms with E-state index in [-0.39, 0.29) is 5.25 Å². The first-order chi connectivity index (χ1) is 5.58. The minimum absolute atomic E-state index is 0.155. The van der Waals surface area contributed by atoms with Crippen molar-refractivity contribution in [3.05, 3.63) is 0 Å². The highest BCUT2D eigenvalue weighted by atomic mass is 32.2. The van der Waals surface area contributed by atoms with E-state index in [4.69, 9.17) is 4.74 Å². The Morgan fingerprint density at radius 2 is 2.17 bits per heavy atom. The molecule has 0 aliphatic carbocycles. The molecule has 4 heteroatoms. The van der Waals surface area contributed by atoms with E-state index in [9.17, 15) is 8.42 Å². The van der Waals surface area contributed by atoms with E-state index in [0.29, 0.717) is 24.7 Å². The van der Waals surface area contributed by atoms with Crippen molar-refractivity contribution in [2.75, 3.05) is 19.5 Å². The quantitative estimate of drug-likeness (QED) is 0.665. The monoisotopic (exact) mass is 192 g/mol. The lowest BCUT2D eigenvalue weighted by Crippen LogP contribution is -2.22. The molecule has 0 aromatic heterocycles. The molecule has 1 aliphatic heterocycles. The maximum absolute atomic E-state index is 11.4. The molecule has 1 aliphatic rings. The van der Waals surface area contributed by atoms with E-state index in [1.54, 1.807) is 7.11 Å². The van der Waals surface area contributed by atoms with Crippen molar-refractivity contribution in [3.63, 3.8) is 0 Å². The van der Waals surface area contributed by atoms with Gasteiger partial charge in [0.15, 0.2) is 9.84 Å². The molecule has 1 fully saturated rings. The largest absolute Gasteiger partial charge is 0.385 e. The van der Waals surface area contributed by atoms with Crippen molar-refractivity contribution in [2.24, 2.45) is 5.92 Å². The van der Waals surface area contributed by atoms with Gasteiger partial charge in [0, 0.05) is 13.7 Å². The highest BCUT2D eigenvalue weighted by Crippen LogP contribution is 2.28. The highest BCUT2D eigenvalue weighted by molar-refractivity contribution is 7.92. The molecule has 0 spiro atoms. The Morgan fingerprint density at radius 3 is 2.58 bits per heavy atom. The van der Waals surface area contributed by atoms with E-state index in [2.05, 4.69) is 0 Å². The highest BCUT2D eigenvalue weighted by Gasteiger charge is 2.36. The molecule has 0 saturated carbocycles. The molecule has 0 aromatic rings. The first-order valence-corrected chi connectivity index (χ1v) is 6.00. The minimum atomic E-state index is -2.79. The summed E-state index contributed by atoms with van der Waals surface area (Å²) in [5, 5.41) is -0.155. The molecule has 72 valence electrons. The lowest BCUT2D eigenvalue weighted by molar-refractivity contribution is 0.189. The summed E-state index contributed by atoms with van der Waals surface area (Å²) in [4.78, 5) is 0. The van der Waals surface area contributed by atoms with Crippen LogP contribution in [0.3, 0.4) is 0 Å². The molecular formula is C8H16O3S. The summed E-state index contributed by atoms with van der Waals surface area (Å²) in [6.07, 6.45) is 1.47. The molecule has 0 radical (unpaired) electrons. The molecule has 1 heterocycles. The maximum atomic E-state index is 11.4. The van der Waals surface area contributed by atoms with Crippen LogP contribution < -0.4 is 0 Å². The summed E-state index contributed by atoms with van der Waals surface area (Å²) in [7, 11) is -1.19. The van der Waals surface area contributed by atoms with Gasteiger partial charge < -0.3 is 4.74 Å². The van der Waals surface area contributed by atoms with E-state index in [1.807, 2.05) is 6.92 Å². The molecule has 0 aromatic carbocycles. The fourth-order valence-electron chi connectivity index (χ4n) is 1.74. The summed E-state index contributed by atoms with van der Waals surface area (Å²) < 4.78 is 27.7. The van der Waals surface area contributed by atoms with E-state index >= 15 is 0 Å². The third kappa shape index (κ3) is 1.98. The topological polar surface area (TPSA) is 43.4 Å². The lowest BCUT2D eigenvalue weighted by Gasteiger charge is -2.12. The zero-order chi connectivity index (χ0) is 9.19. The van der Waals surface area contributed by atoms with Crippen LogP contribution >= 0.6 is 0 Å². The van der Waals surface area contributed by atoms with Gasteiger partial charge in [0.25, 0.3) is 0 Å². The molecule has 12 heavy (non-hydrogen) atoms. The second kappa shape index (κ2) is 3.75. The maximum Gasteiger partial charge on any atom is 0.153 e. The first kappa shape index (κ1) is 9.99. The zero-order valence-electron chi connectivity index (χ0n) is 7.62. The van der Waals surface area contributed by atoms with E-state index < -0.39 is 9.84 Å². The van der Waals surface area contributed by atoms with Crippen LogP contribution in [0.2, 0.25) is 0 Å². The van der Waals surface area contributed by atoms with Gasteiger partial charge in [-0.2, -0.15) is 0 Å². The van der Waals surface area contributed by atoms with Gasteiger partial charge in [-0.25, -0.2) is 8.42 Å². The summed E-state index contributed by atoms with van der Waals surface area (Å²) in [5.74, 6) is 0.674. The van der Waals surface area contributed by atoms with Gasteiger partial charge in [0.1, 0.15) is 0 Å². The summed E-state index contributed by atoms with van der Waals surface area (Å²) >= 11 is 0. The Kier molecular flexibility index (Phi) is 3.12. The van der Waals surface area contributed by atoms with Crippen LogP contribution in [-0.4, -0.2) is 33.1 Å². The van der Waals surface area contributed by atoms with Crippen LogP contribution in [0.25, 0.3) is 0 Å². The van der Waals surface area contributed by atoms with Gasteiger partial charge in [-0.1, -0.05) is 6.92 Å². The Labute approximate surface area is 74.0 Å². The predicted molar refractivity (Wildman–Crippen MR) is 47.8 cm³/mol. The average molecular weight is 192 g/mol. The fraction of sp³-hybridized carbons (Fsp3) is 1.00. The van der Waals surface area contributed by atoms with Crippen molar-refractivity contribution < 1.29 is 13.2 Å². The molecule has 0 amide bonds. The normalized spacial score (nSPS) is 33.8. The van der Waals surface area contributed by atoms with Crippen molar-refractivity contribution in [3.8, 4) is 0 Å². The molecule has 2 unspecified atom stereocenters. The first-order valence-electron chi connectivity index (χ1n) is 4.28. The van der Waals surface area contributed by atoms with Gasteiger partial charge >= 0.3 is 0 Å². The predicted octanol–water partition coefficient (Wildman–Crippen LogP) is 0.846. The Hall–Kier alpha value is -0.0900. The molecule has 0 N–H and O–H groups in total. The Balaban J connectivity index is 2.59. The Bertz CT molecular complexity index is 233. The zero-order valence-corrected chi connectivity index (χ0v) is 8.43. The Morgan fingerprint density at radius 1 is 1.50 bits per heavy atom. The van der Waals surface area contributed by atoms with Gasteiger partial charge in [-0.3, -0.25) is 0 Å². The van der Waals surface area contributed by atoms with Crippen molar-refractivity contribution in [1.29, 1.82) is 0 Å². The summed E-state index contributed by atoms with van der Waals surface area (Å²) in [5.41, 5.74) is 0. The second-order valence-electron chi connectivity index (χ2n) is 3.45.